The number of rotatable bonds is 10. The number of nitrogens with one attached hydrogen (secondary N) is 1. The molecule has 0 radical (unpaired) electrons. The Morgan fingerprint density at radius 1 is 1.13 bits per heavy atom. The first kappa shape index (κ1) is 31.9. The van der Waals surface area contributed by atoms with E-state index in [1.54, 1.807) is 30.3 Å². The van der Waals surface area contributed by atoms with Crippen LogP contribution in [0.3, 0.4) is 0 Å². The van der Waals surface area contributed by atoms with Crippen LogP contribution in [-0.2, 0) is 4.79 Å². The molecule has 1 aromatic heterocycles. The Labute approximate surface area is 267 Å². The van der Waals surface area contributed by atoms with E-state index in [-0.39, 0.29) is 27.6 Å². The van der Waals surface area contributed by atoms with Gasteiger partial charge in [-0.2, -0.15) is 13.8 Å². The van der Waals surface area contributed by atoms with E-state index in [2.05, 4.69) is 39.0 Å². The molecule has 0 spiro atoms. The Bertz CT molecular complexity index is 1730. The van der Waals surface area contributed by atoms with Gasteiger partial charge in [0.15, 0.2) is 11.0 Å². The van der Waals surface area contributed by atoms with Crippen LogP contribution in [0.2, 0.25) is 5.02 Å². The Kier molecular flexibility index (Phi) is 9.99. The number of benzene rings is 3. The van der Waals surface area contributed by atoms with Crippen LogP contribution in [0.25, 0.3) is 17.1 Å². The molecule has 5 rings (SSSR count). The molecule has 1 aliphatic rings. The first-order valence-corrected chi connectivity index (χ1v) is 15.3. The van der Waals surface area contributed by atoms with Gasteiger partial charge in [0.05, 0.1) is 34.4 Å². The Morgan fingerprint density at radius 2 is 1.91 bits per heavy atom. The molecule has 2 heterocycles. The van der Waals surface area contributed by atoms with Gasteiger partial charge in [-0.25, -0.2) is 14.5 Å². The molecule has 3 amide bonds. The molecule has 0 atom stereocenters. The summed E-state index contributed by atoms with van der Waals surface area (Å²) in [5, 5.41) is 7.55. The molecule has 4 aromatic rings. The number of carbonyl (C=O) groups excluding carboxylic acids is 2. The molecule has 14 heteroatoms. The zero-order chi connectivity index (χ0) is 32.1. The topological polar surface area (TPSA) is 111 Å². The molecule has 3 aromatic carbocycles. The fraction of sp³-hybridized carbons (Fsp3) is 0.258. The number of aryl methyl sites for hydroxylation is 1. The summed E-state index contributed by atoms with van der Waals surface area (Å²) < 4.78 is 36.7. The van der Waals surface area contributed by atoms with E-state index in [9.17, 15) is 18.4 Å². The minimum absolute atomic E-state index is 0.0282. The van der Waals surface area contributed by atoms with E-state index < -0.39 is 12.6 Å². The van der Waals surface area contributed by atoms with Gasteiger partial charge < -0.3 is 14.8 Å². The monoisotopic (exact) mass is 654 g/mol. The zero-order valence-corrected chi connectivity index (χ0v) is 26.1. The molecule has 1 fully saturated rings. The molecule has 1 N–H and O–H groups in total. The number of thioether (sulfide) groups is 1. The number of amidine groups is 1. The summed E-state index contributed by atoms with van der Waals surface area (Å²) in [6.45, 7) is 3.70. The largest absolute Gasteiger partial charge is 0.491 e. The molecule has 0 unspecified atom stereocenters. The number of aromatic nitrogens is 3. The highest BCUT2D eigenvalue weighted by Crippen LogP contribution is 2.36. The summed E-state index contributed by atoms with van der Waals surface area (Å²) in [5.74, 6) is 1.30. The predicted octanol–water partition coefficient (Wildman–Crippen LogP) is 7.59. The maximum atomic E-state index is 13.0. The number of aliphatic imine (C=N–C) groups is 1. The van der Waals surface area contributed by atoms with Gasteiger partial charge in [-0.1, -0.05) is 43.3 Å². The van der Waals surface area contributed by atoms with Crippen molar-refractivity contribution < 1.29 is 27.8 Å². The van der Waals surface area contributed by atoms with Gasteiger partial charge in [-0.05, 0) is 79.4 Å². The van der Waals surface area contributed by atoms with Crippen molar-refractivity contribution in [3.8, 4) is 28.6 Å². The Morgan fingerprint density at radius 3 is 2.62 bits per heavy atom. The minimum Gasteiger partial charge on any atom is -0.491 e. The molecule has 45 heavy (non-hydrogen) atoms. The van der Waals surface area contributed by atoms with Crippen LogP contribution in [0.4, 0.5) is 25.0 Å². The number of carbonyl (C=O) groups is 2. The second-order valence-electron chi connectivity index (χ2n) is 10.4. The maximum absolute atomic E-state index is 13.0. The van der Waals surface area contributed by atoms with Gasteiger partial charge in [-0.15, -0.1) is 5.10 Å². The number of alkyl halides is 2. The lowest BCUT2D eigenvalue weighted by atomic mass is 10.1. The summed E-state index contributed by atoms with van der Waals surface area (Å²) in [7, 11) is 0. The molecular formula is C31H29ClF2N6O4S. The number of anilines is 2. The molecule has 0 saturated carbocycles. The lowest BCUT2D eigenvalue weighted by Crippen LogP contribution is -2.31. The van der Waals surface area contributed by atoms with Crippen molar-refractivity contribution in [2.24, 2.45) is 10.9 Å². The predicted molar refractivity (Wildman–Crippen MR) is 171 cm³/mol. The number of halogens is 3. The molecule has 0 aliphatic carbocycles. The second-order valence-corrected chi connectivity index (χ2v) is 11.8. The molecule has 1 aliphatic heterocycles. The number of nitrogens with zero attached hydrogens (tertiary/aromatic N) is 5. The van der Waals surface area contributed by atoms with Crippen LogP contribution < -0.4 is 19.7 Å². The average molecular weight is 655 g/mol. The zero-order valence-electron chi connectivity index (χ0n) is 24.5. The van der Waals surface area contributed by atoms with E-state index in [0.29, 0.717) is 46.7 Å². The van der Waals surface area contributed by atoms with Crippen LogP contribution in [-0.4, -0.2) is 50.8 Å². The van der Waals surface area contributed by atoms with Gasteiger partial charge in [0.2, 0.25) is 5.91 Å². The van der Waals surface area contributed by atoms with Crippen molar-refractivity contribution in [2.75, 3.05) is 22.6 Å². The summed E-state index contributed by atoms with van der Waals surface area (Å²) >= 11 is 7.65. The number of urea groups is 1. The van der Waals surface area contributed by atoms with E-state index >= 15 is 0 Å². The van der Waals surface area contributed by atoms with E-state index in [1.807, 2.05) is 25.1 Å². The molecule has 1 saturated heterocycles. The van der Waals surface area contributed by atoms with Gasteiger partial charge in [0, 0.05) is 5.56 Å². The molecule has 0 bridgehead atoms. The average Bonchev–Trinajstić information content (AvgIpc) is 3.62. The fourth-order valence-corrected chi connectivity index (χ4v) is 5.38. The smallest absolute Gasteiger partial charge is 0.387 e. The number of ether oxygens (including phenoxy) is 2. The quantitative estimate of drug-likeness (QED) is 0.188. The third-order valence-electron chi connectivity index (χ3n) is 6.56. The Balaban J connectivity index is 1.29. The third kappa shape index (κ3) is 7.97. The molecular weight excluding hydrogens is 626 g/mol. The summed E-state index contributed by atoms with van der Waals surface area (Å²) in [4.78, 5) is 35.8. The summed E-state index contributed by atoms with van der Waals surface area (Å²) in [6, 6.07) is 15.7. The lowest BCUT2D eigenvalue weighted by Gasteiger charge is -2.21. The summed E-state index contributed by atoms with van der Waals surface area (Å²) in [6.07, 6.45) is 2.32. The van der Waals surface area contributed by atoms with Crippen LogP contribution >= 0.6 is 23.4 Å². The number of hydrogen-bond donors (Lipinski definition) is 1. The highest BCUT2D eigenvalue weighted by molar-refractivity contribution is 8.15. The highest BCUT2D eigenvalue weighted by Gasteiger charge is 2.33. The van der Waals surface area contributed by atoms with Gasteiger partial charge in [0.1, 0.15) is 17.8 Å². The summed E-state index contributed by atoms with van der Waals surface area (Å²) in [5.41, 5.74) is 2.93. The van der Waals surface area contributed by atoms with Gasteiger partial charge >= 0.3 is 12.6 Å². The normalized spacial score (nSPS) is 14.1. The van der Waals surface area contributed by atoms with Gasteiger partial charge in [-0.3, -0.25) is 9.69 Å². The van der Waals surface area contributed by atoms with Crippen molar-refractivity contribution in [1.29, 1.82) is 0 Å². The van der Waals surface area contributed by atoms with Crippen LogP contribution in [0.15, 0.2) is 72.0 Å². The van der Waals surface area contributed by atoms with Crippen molar-refractivity contribution in [2.45, 2.75) is 33.8 Å². The standard InChI is InChI=1S/C31H29ClF2N6O4S/c1-18(2)12-13-43-26-11-4-19(3)14-25(26)40-27(41)16-45-31(40)37-30(42)36-24-10-5-20(15-23(24)32)28-35-17-39(38-28)21-6-8-22(9-7-21)44-29(33)34/h4-11,14-15,17-18,29H,12-13,16H2,1-3H3,(H,36,42)/b37-31-. The van der Waals surface area contributed by atoms with E-state index in [0.717, 1.165) is 23.7 Å². The lowest BCUT2D eigenvalue weighted by molar-refractivity contribution is -0.115. The van der Waals surface area contributed by atoms with Crippen LogP contribution in [0.5, 0.6) is 11.5 Å². The van der Waals surface area contributed by atoms with E-state index in [1.165, 1.54) is 28.0 Å². The second kappa shape index (κ2) is 14.1. The molecule has 234 valence electrons. The first-order chi connectivity index (χ1) is 21.6. The minimum atomic E-state index is -2.91. The van der Waals surface area contributed by atoms with Crippen LogP contribution in [0, 0.1) is 12.8 Å². The Hall–Kier alpha value is -4.49. The van der Waals surface area contributed by atoms with Crippen molar-refractivity contribution in [3.05, 3.63) is 77.6 Å². The number of hydrogen-bond acceptors (Lipinski definition) is 7. The first-order valence-electron chi connectivity index (χ1n) is 13.9. The molecule has 10 nitrogen and oxygen atoms in total. The third-order valence-corrected chi connectivity index (χ3v) is 7.79. The highest BCUT2D eigenvalue weighted by atomic mass is 35.5. The van der Waals surface area contributed by atoms with Gasteiger partial charge in [0.25, 0.3) is 0 Å². The SMILES string of the molecule is Cc1ccc(OCCC(C)C)c(N2C(=O)CS/C2=N\C(=O)Nc2ccc(-c3ncn(-c4ccc(OC(F)F)cc4)n3)cc2Cl)c1. The van der Waals surface area contributed by atoms with Crippen molar-refractivity contribution in [3.63, 3.8) is 0 Å². The van der Waals surface area contributed by atoms with Crippen LogP contribution in [0.1, 0.15) is 25.8 Å². The van der Waals surface area contributed by atoms with Crippen molar-refractivity contribution >= 4 is 51.8 Å². The number of amides is 3. The fourth-order valence-electron chi connectivity index (χ4n) is 4.30. The maximum Gasteiger partial charge on any atom is 0.387 e. The van der Waals surface area contributed by atoms with E-state index in [4.69, 9.17) is 16.3 Å². The van der Waals surface area contributed by atoms with Crippen molar-refractivity contribution in [1.82, 2.24) is 14.8 Å².